The minimum Gasteiger partial charge on any atom is -0.347 e. The number of aromatic amines is 1. The first-order valence-corrected chi connectivity index (χ1v) is 13.0. The van der Waals surface area contributed by atoms with Crippen LogP contribution >= 0.6 is 27.0 Å². The second-order valence-corrected chi connectivity index (χ2v) is 10.1. The maximum atomic E-state index is 13.8. The SMILES string of the molecule is O=C(N[C@@H](CCN1C[C@H](F)[C@@H](F)C1)Cc1nn[nH]n1)c1cc(-c2ccccc2C(F)(F)F)n(C2CCCC2)n1.S.S. The molecule has 0 bridgehead atoms. The van der Waals surface area contributed by atoms with Gasteiger partial charge in [0.05, 0.1) is 17.3 Å². The maximum Gasteiger partial charge on any atom is 0.417 e. The van der Waals surface area contributed by atoms with E-state index in [0.29, 0.717) is 18.8 Å². The van der Waals surface area contributed by atoms with Gasteiger partial charge in [-0.15, -0.1) is 10.2 Å². The summed E-state index contributed by atoms with van der Waals surface area (Å²) in [6, 6.07) is 6.01. The van der Waals surface area contributed by atoms with Gasteiger partial charge in [0.2, 0.25) is 0 Å². The number of carbonyl (C=O) groups is 1. The number of hydrogen-bond donors (Lipinski definition) is 2. The van der Waals surface area contributed by atoms with Crippen LogP contribution in [0.3, 0.4) is 0 Å². The Morgan fingerprint density at radius 3 is 2.41 bits per heavy atom. The van der Waals surface area contributed by atoms with Crippen molar-refractivity contribution in [1.29, 1.82) is 0 Å². The van der Waals surface area contributed by atoms with E-state index >= 15 is 0 Å². The van der Waals surface area contributed by atoms with Gasteiger partial charge >= 0.3 is 6.18 Å². The van der Waals surface area contributed by atoms with E-state index < -0.39 is 36.0 Å². The smallest absolute Gasteiger partial charge is 0.347 e. The number of carbonyl (C=O) groups excluding carboxylic acids is 1. The van der Waals surface area contributed by atoms with Gasteiger partial charge < -0.3 is 5.32 Å². The number of rotatable bonds is 9. The summed E-state index contributed by atoms with van der Waals surface area (Å²) in [6.07, 6.45) is -3.78. The fourth-order valence-electron chi connectivity index (χ4n) is 5.38. The zero-order chi connectivity index (χ0) is 27.6. The van der Waals surface area contributed by atoms with E-state index in [1.807, 2.05) is 0 Å². The Labute approximate surface area is 247 Å². The highest BCUT2D eigenvalue weighted by molar-refractivity contribution is 7.59. The minimum absolute atomic E-state index is 0. The normalized spacial score (nSPS) is 20.4. The summed E-state index contributed by atoms with van der Waals surface area (Å²) in [5, 5.41) is 21.1. The van der Waals surface area contributed by atoms with Crippen LogP contribution in [0.15, 0.2) is 30.3 Å². The van der Waals surface area contributed by atoms with E-state index in [2.05, 4.69) is 31.0 Å². The van der Waals surface area contributed by atoms with Gasteiger partial charge in [-0.3, -0.25) is 14.4 Å². The molecule has 226 valence electrons. The molecule has 3 heterocycles. The Balaban J connectivity index is 0.00000231. The summed E-state index contributed by atoms with van der Waals surface area (Å²) in [5.74, 6) is -0.233. The highest BCUT2D eigenvalue weighted by Gasteiger charge is 2.36. The Kier molecular flexibility index (Phi) is 11.2. The van der Waals surface area contributed by atoms with Crippen LogP contribution in [0, 0.1) is 0 Å². The predicted octanol–water partition coefficient (Wildman–Crippen LogP) is 4.15. The molecule has 1 saturated carbocycles. The molecular weight excluding hydrogens is 587 g/mol. The molecule has 9 nitrogen and oxygen atoms in total. The molecule has 16 heteroatoms. The third kappa shape index (κ3) is 7.77. The fraction of sp³-hybridized carbons (Fsp3) is 0.560. The highest BCUT2D eigenvalue weighted by Crippen LogP contribution is 2.40. The number of nitrogens with one attached hydrogen (secondary N) is 2. The van der Waals surface area contributed by atoms with Gasteiger partial charge in [0.25, 0.3) is 5.91 Å². The Hall–Kier alpha value is -2.72. The number of H-pyrrole nitrogens is 1. The second kappa shape index (κ2) is 14.0. The summed E-state index contributed by atoms with van der Waals surface area (Å²) in [7, 11) is 0. The van der Waals surface area contributed by atoms with Crippen molar-refractivity contribution >= 4 is 32.9 Å². The molecule has 1 amide bonds. The molecule has 1 aromatic carbocycles. The standard InChI is InChI=1S/C25H29F5N8O.2H2S/c26-19-13-37(14-20(19)27)10-9-15(11-23-32-35-36-33-23)31-24(39)21-12-22(38(34-21)16-5-1-2-6-16)17-7-3-4-8-18(17)25(28,29)30;;/h3-4,7-8,12,15-16,19-20H,1-2,5-6,9-11,13-14H2,(H,31,39)(H,32,33,35,36);2*1H2/t15-,19-,20-;;/m0../s1. The lowest BCUT2D eigenvalue weighted by Gasteiger charge is -2.21. The number of alkyl halides is 5. The number of hydrogen-bond acceptors (Lipinski definition) is 6. The van der Waals surface area contributed by atoms with Crippen LogP contribution in [0.1, 0.15) is 60.0 Å². The van der Waals surface area contributed by atoms with Crippen molar-refractivity contribution < 1.29 is 26.7 Å². The molecule has 3 aromatic rings. The molecule has 2 aromatic heterocycles. The summed E-state index contributed by atoms with van der Waals surface area (Å²) < 4.78 is 70.4. The van der Waals surface area contributed by atoms with Crippen molar-refractivity contribution in [3.05, 3.63) is 47.4 Å². The number of aromatic nitrogens is 6. The van der Waals surface area contributed by atoms with Gasteiger partial charge in [-0.25, -0.2) is 8.78 Å². The molecular formula is C25H33F5N8OS2. The lowest BCUT2D eigenvalue weighted by molar-refractivity contribution is -0.137. The molecule has 41 heavy (non-hydrogen) atoms. The van der Waals surface area contributed by atoms with Gasteiger partial charge in [-0.2, -0.15) is 50.5 Å². The zero-order valence-corrected chi connectivity index (χ0v) is 24.0. The van der Waals surface area contributed by atoms with E-state index in [1.165, 1.54) is 24.3 Å². The number of tetrazole rings is 1. The molecule has 2 aliphatic rings. The van der Waals surface area contributed by atoms with Crippen molar-refractivity contribution in [1.82, 2.24) is 40.6 Å². The number of benzene rings is 1. The molecule has 3 atom stereocenters. The third-order valence-corrected chi connectivity index (χ3v) is 7.35. The van der Waals surface area contributed by atoms with Crippen molar-refractivity contribution in [3.8, 4) is 11.3 Å². The Bertz CT molecular complexity index is 1260. The van der Waals surface area contributed by atoms with Gasteiger partial charge in [-0.05, 0) is 31.4 Å². The molecule has 0 spiro atoms. The molecule has 2 fully saturated rings. The van der Waals surface area contributed by atoms with Gasteiger partial charge in [-0.1, -0.05) is 36.3 Å². The van der Waals surface area contributed by atoms with Crippen LogP contribution in [0.4, 0.5) is 22.0 Å². The van der Waals surface area contributed by atoms with Crippen molar-refractivity contribution in [3.63, 3.8) is 0 Å². The molecule has 0 unspecified atom stereocenters. The van der Waals surface area contributed by atoms with Gasteiger partial charge in [0.15, 0.2) is 11.5 Å². The van der Waals surface area contributed by atoms with E-state index in [9.17, 15) is 26.7 Å². The topological polar surface area (TPSA) is 105 Å². The van der Waals surface area contributed by atoms with E-state index in [-0.39, 0.29) is 69.5 Å². The monoisotopic (exact) mass is 620 g/mol. The first-order chi connectivity index (χ1) is 18.7. The summed E-state index contributed by atoms with van der Waals surface area (Å²) >= 11 is 0. The molecule has 5 rings (SSSR count). The largest absolute Gasteiger partial charge is 0.417 e. The van der Waals surface area contributed by atoms with Crippen molar-refractivity contribution in [2.75, 3.05) is 19.6 Å². The predicted molar refractivity (Wildman–Crippen MR) is 151 cm³/mol. The van der Waals surface area contributed by atoms with Crippen LogP contribution in [0.2, 0.25) is 0 Å². The lowest BCUT2D eigenvalue weighted by Crippen LogP contribution is -2.39. The average Bonchev–Trinajstić information content (AvgIpc) is 3.70. The quantitative estimate of drug-likeness (QED) is 0.349. The van der Waals surface area contributed by atoms with E-state index in [0.717, 1.165) is 31.7 Å². The summed E-state index contributed by atoms with van der Waals surface area (Å²) in [4.78, 5) is 15.0. The van der Waals surface area contributed by atoms with Crippen molar-refractivity contribution in [2.24, 2.45) is 0 Å². The summed E-state index contributed by atoms with van der Waals surface area (Å²) in [5.41, 5.74) is -0.619. The fourth-order valence-corrected chi connectivity index (χ4v) is 5.38. The number of likely N-dealkylation sites (tertiary alicyclic amines) is 1. The first-order valence-electron chi connectivity index (χ1n) is 13.0. The highest BCUT2D eigenvalue weighted by atomic mass is 32.1. The molecule has 2 N–H and O–H groups in total. The van der Waals surface area contributed by atoms with Gasteiger partial charge in [0, 0.05) is 37.7 Å². The maximum absolute atomic E-state index is 13.8. The first kappa shape index (κ1) is 32.8. The second-order valence-electron chi connectivity index (χ2n) is 10.1. The van der Waals surface area contributed by atoms with Gasteiger partial charge in [0.1, 0.15) is 12.3 Å². The van der Waals surface area contributed by atoms with Crippen molar-refractivity contribution in [2.45, 2.75) is 69.1 Å². The number of amides is 1. The molecule has 1 aliphatic heterocycles. The number of nitrogens with zero attached hydrogens (tertiary/aromatic N) is 6. The third-order valence-electron chi connectivity index (χ3n) is 7.35. The summed E-state index contributed by atoms with van der Waals surface area (Å²) in [6.45, 7) is 0.264. The molecule has 0 radical (unpaired) electrons. The Morgan fingerprint density at radius 2 is 1.78 bits per heavy atom. The van der Waals surface area contributed by atoms with Crippen LogP contribution in [0.5, 0.6) is 0 Å². The number of halogens is 5. The average molecular weight is 621 g/mol. The van der Waals surface area contributed by atoms with Crippen LogP contribution in [-0.2, 0) is 12.6 Å². The minimum atomic E-state index is -4.58. The van der Waals surface area contributed by atoms with Crippen LogP contribution < -0.4 is 5.32 Å². The van der Waals surface area contributed by atoms with Crippen LogP contribution in [0.25, 0.3) is 11.3 Å². The van der Waals surface area contributed by atoms with Crippen LogP contribution in [-0.4, -0.2) is 79.2 Å². The van der Waals surface area contributed by atoms with E-state index in [4.69, 9.17) is 0 Å². The molecule has 1 saturated heterocycles. The van der Waals surface area contributed by atoms with E-state index in [1.54, 1.807) is 9.58 Å². The lowest BCUT2D eigenvalue weighted by atomic mass is 10.0. The molecule has 1 aliphatic carbocycles. The zero-order valence-electron chi connectivity index (χ0n) is 22.0. The Morgan fingerprint density at radius 1 is 1.10 bits per heavy atom.